The minimum Gasteiger partial charge on any atom is -0.324 e. The predicted molar refractivity (Wildman–Crippen MR) is 92.6 cm³/mol. The molecule has 1 aliphatic heterocycles. The number of benzene rings is 1. The van der Waals surface area contributed by atoms with Crippen LogP contribution in [0.25, 0.3) is 0 Å². The number of carbonyl (C=O) groups excluding carboxylic acids is 2. The SMILES string of the molecule is Cc1ccc(NS(=O)(=O)c2ccc3c(c2)NC(=O)C(C)C(=O)N3)nc1. The molecule has 1 unspecified atom stereocenters. The lowest BCUT2D eigenvalue weighted by Crippen LogP contribution is -2.28. The van der Waals surface area contributed by atoms with E-state index in [0.717, 1.165) is 5.56 Å². The number of amides is 2. The maximum absolute atomic E-state index is 12.5. The smallest absolute Gasteiger partial charge is 0.263 e. The number of hydrogen-bond acceptors (Lipinski definition) is 5. The number of carbonyl (C=O) groups is 2. The van der Waals surface area contributed by atoms with Gasteiger partial charge < -0.3 is 10.6 Å². The van der Waals surface area contributed by atoms with Gasteiger partial charge in [0.25, 0.3) is 10.0 Å². The van der Waals surface area contributed by atoms with E-state index in [2.05, 4.69) is 20.3 Å². The Kier molecular flexibility index (Phi) is 4.17. The van der Waals surface area contributed by atoms with Crippen molar-refractivity contribution in [2.24, 2.45) is 5.92 Å². The van der Waals surface area contributed by atoms with E-state index in [9.17, 15) is 18.0 Å². The van der Waals surface area contributed by atoms with E-state index < -0.39 is 27.8 Å². The molecule has 1 aliphatic rings. The summed E-state index contributed by atoms with van der Waals surface area (Å²) in [7, 11) is -3.89. The minimum absolute atomic E-state index is 0.0577. The highest BCUT2D eigenvalue weighted by molar-refractivity contribution is 7.92. The Labute approximate surface area is 144 Å². The van der Waals surface area contributed by atoms with Gasteiger partial charge >= 0.3 is 0 Å². The summed E-state index contributed by atoms with van der Waals surface area (Å²) in [5, 5.41) is 5.14. The Balaban J connectivity index is 1.93. The lowest BCUT2D eigenvalue weighted by Gasteiger charge is -2.11. The summed E-state index contributed by atoms with van der Waals surface area (Å²) in [5.74, 6) is -1.64. The average Bonchev–Trinajstić information content (AvgIpc) is 2.67. The van der Waals surface area contributed by atoms with Crippen molar-refractivity contribution < 1.29 is 18.0 Å². The zero-order chi connectivity index (χ0) is 18.2. The zero-order valence-corrected chi connectivity index (χ0v) is 14.3. The van der Waals surface area contributed by atoms with E-state index in [0.29, 0.717) is 5.69 Å². The van der Waals surface area contributed by atoms with E-state index in [1.54, 1.807) is 18.3 Å². The molecule has 2 amide bonds. The maximum Gasteiger partial charge on any atom is 0.263 e. The second-order valence-electron chi connectivity index (χ2n) is 5.73. The van der Waals surface area contributed by atoms with E-state index in [1.165, 1.54) is 25.1 Å². The van der Waals surface area contributed by atoms with Crippen LogP contribution in [0.1, 0.15) is 12.5 Å². The molecule has 0 aliphatic carbocycles. The number of hydrogen-bond donors (Lipinski definition) is 3. The first-order valence-electron chi connectivity index (χ1n) is 7.47. The second-order valence-corrected chi connectivity index (χ2v) is 7.42. The third-order valence-corrected chi connectivity index (χ3v) is 5.11. The molecule has 0 fully saturated rings. The highest BCUT2D eigenvalue weighted by Gasteiger charge is 2.27. The Morgan fingerprint density at radius 1 is 1.04 bits per heavy atom. The Hall–Kier alpha value is -2.94. The van der Waals surface area contributed by atoms with Crippen molar-refractivity contribution in [3.8, 4) is 0 Å². The molecule has 0 saturated carbocycles. The van der Waals surface area contributed by atoms with Crippen LogP contribution in [-0.2, 0) is 19.6 Å². The highest BCUT2D eigenvalue weighted by Crippen LogP contribution is 2.29. The number of sulfonamides is 1. The number of nitrogens with zero attached hydrogens (tertiary/aromatic N) is 1. The van der Waals surface area contributed by atoms with Crippen LogP contribution in [-0.4, -0.2) is 25.2 Å². The Bertz CT molecular complexity index is 955. The average molecular weight is 360 g/mol. The van der Waals surface area contributed by atoms with Gasteiger partial charge in [0.15, 0.2) is 0 Å². The molecule has 3 N–H and O–H groups in total. The molecule has 9 heteroatoms. The molecule has 2 aromatic rings. The van der Waals surface area contributed by atoms with Crippen LogP contribution in [0, 0.1) is 12.8 Å². The van der Waals surface area contributed by atoms with Crippen LogP contribution in [0.2, 0.25) is 0 Å². The standard InChI is InChI=1S/C16H16N4O4S/c1-9-3-6-14(17-8-9)20-25(23,24)11-4-5-12-13(7-11)19-16(22)10(2)15(21)18-12/h3-8,10H,1-2H3,(H,17,20)(H,18,21)(H,19,22). The zero-order valence-electron chi connectivity index (χ0n) is 13.5. The van der Waals surface area contributed by atoms with Gasteiger partial charge in [-0.2, -0.15) is 0 Å². The van der Waals surface area contributed by atoms with E-state index in [4.69, 9.17) is 0 Å². The van der Waals surface area contributed by atoms with Crippen molar-refractivity contribution in [2.75, 3.05) is 15.4 Å². The Morgan fingerprint density at radius 3 is 2.36 bits per heavy atom. The van der Waals surface area contributed by atoms with Gasteiger partial charge in [-0.1, -0.05) is 6.07 Å². The quantitative estimate of drug-likeness (QED) is 0.721. The van der Waals surface area contributed by atoms with Crippen molar-refractivity contribution in [3.63, 3.8) is 0 Å². The lowest BCUT2D eigenvalue weighted by atomic mass is 10.1. The van der Waals surface area contributed by atoms with Crippen molar-refractivity contribution >= 4 is 39.0 Å². The van der Waals surface area contributed by atoms with Crippen LogP contribution in [0.3, 0.4) is 0 Å². The number of fused-ring (bicyclic) bond motifs is 1. The molecule has 1 atom stereocenters. The number of nitrogens with one attached hydrogen (secondary N) is 3. The van der Waals surface area contributed by atoms with Crippen molar-refractivity contribution in [3.05, 3.63) is 42.1 Å². The van der Waals surface area contributed by atoms with Crippen LogP contribution in [0.4, 0.5) is 17.2 Å². The normalized spacial score (nSPS) is 17.1. The minimum atomic E-state index is -3.89. The van der Waals surface area contributed by atoms with Crippen molar-refractivity contribution in [1.29, 1.82) is 0 Å². The molecule has 130 valence electrons. The van der Waals surface area contributed by atoms with Gasteiger partial charge in [-0.25, -0.2) is 13.4 Å². The van der Waals surface area contributed by atoms with Gasteiger partial charge in [0.2, 0.25) is 11.8 Å². The fourth-order valence-corrected chi connectivity index (χ4v) is 3.26. The summed E-state index contributed by atoms with van der Waals surface area (Å²) in [6.07, 6.45) is 1.55. The van der Waals surface area contributed by atoms with Crippen molar-refractivity contribution in [2.45, 2.75) is 18.7 Å². The van der Waals surface area contributed by atoms with Crippen molar-refractivity contribution in [1.82, 2.24) is 4.98 Å². The van der Waals surface area contributed by atoms with E-state index in [1.807, 2.05) is 6.92 Å². The topological polar surface area (TPSA) is 117 Å². The number of rotatable bonds is 3. The molecule has 1 aromatic carbocycles. The summed E-state index contributed by atoms with van der Waals surface area (Å²) < 4.78 is 27.4. The third kappa shape index (κ3) is 3.45. The summed E-state index contributed by atoms with van der Waals surface area (Å²) in [6.45, 7) is 3.31. The number of aromatic nitrogens is 1. The molecule has 2 heterocycles. The molecule has 0 saturated heterocycles. The molecular formula is C16H16N4O4S. The fourth-order valence-electron chi connectivity index (χ4n) is 2.23. The van der Waals surface area contributed by atoms with Gasteiger partial charge in [0, 0.05) is 6.20 Å². The maximum atomic E-state index is 12.5. The highest BCUT2D eigenvalue weighted by atomic mass is 32.2. The Morgan fingerprint density at radius 2 is 1.72 bits per heavy atom. The van der Waals surface area contributed by atoms with E-state index >= 15 is 0 Å². The van der Waals surface area contributed by atoms with Crippen LogP contribution < -0.4 is 15.4 Å². The largest absolute Gasteiger partial charge is 0.324 e. The fraction of sp³-hybridized carbons (Fsp3) is 0.188. The number of aryl methyl sites for hydroxylation is 1. The second kappa shape index (κ2) is 6.17. The third-order valence-electron chi connectivity index (χ3n) is 3.75. The molecule has 3 rings (SSSR count). The molecule has 25 heavy (non-hydrogen) atoms. The number of pyridine rings is 1. The number of anilines is 3. The summed E-state index contributed by atoms with van der Waals surface area (Å²) in [4.78, 5) is 27.7. The van der Waals surface area contributed by atoms with Gasteiger partial charge in [-0.15, -0.1) is 0 Å². The molecule has 1 aromatic heterocycles. The van der Waals surface area contributed by atoms with Gasteiger partial charge in [-0.3, -0.25) is 14.3 Å². The molecule has 8 nitrogen and oxygen atoms in total. The van der Waals surface area contributed by atoms with Gasteiger partial charge in [-0.05, 0) is 43.7 Å². The van der Waals surface area contributed by atoms with E-state index in [-0.39, 0.29) is 16.4 Å². The van der Waals surface area contributed by atoms with Crippen LogP contribution in [0.15, 0.2) is 41.4 Å². The predicted octanol–water partition coefficient (Wildman–Crippen LogP) is 1.72. The lowest BCUT2D eigenvalue weighted by molar-refractivity contribution is -0.128. The summed E-state index contributed by atoms with van der Waals surface area (Å²) >= 11 is 0. The molecule has 0 spiro atoms. The first-order chi connectivity index (χ1) is 11.8. The first-order valence-corrected chi connectivity index (χ1v) is 8.96. The monoisotopic (exact) mass is 360 g/mol. The van der Waals surface area contributed by atoms with Crippen LogP contribution >= 0.6 is 0 Å². The first kappa shape index (κ1) is 16.9. The molecule has 0 radical (unpaired) electrons. The van der Waals surface area contributed by atoms with Crippen LogP contribution in [0.5, 0.6) is 0 Å². The van der Waals surface area contributed by atoms with Gasteiger partial charge in [0.05, 0.1) is 16.3 Å². The summed E-state index contributed by atoms with van der Waals surface area (Å²) in [6, 6.07) is 7.36. The van der Waals surface area contributed by atoms with Gasteiger partial charge in [0.1, 0.15) is 11.7 Å². The summed E-state index contributed by atoms with van der Waals surface area (Å²) in [5.41, 5.74) is 1.47. The molecule has 0 bridgehead atoms. The molecular weight excluding hydrogens is 344 g/mol.